The number of nitrogens with one attached hydrogen (secondary N) is 1. The van der Waals surface area contributed by atoms with Gasteiger partial charge in [-0.25, -0.2) is 4.98 Å². The van der Waals surface area contributed by atoms with Crippen LogP contribution in [0.25, 0.3) is 0 Å². The third-order valence-corrected chi connectivity index (χ3v) is 2.02. The average molecular weight is 214 g/mol. The van der Waals surface area contributed by atoms with Crippen LogP contribution in [0.15, 0.2) is 12.3 Å². The van der Waals surface area contributed by atoms with Crippen LogP contribution in [-0.4, -0.2) is 17.1 Å². The molecule has 14 heavy (non-hydrogen) atoms. The van der Waals surface area contributed by atoms with Gasteiger partial charge in [-0.2, -0.15) is 0 Å². The molecule has 3 nitrogen and oxygen atoms in total. The van der Waals surface area contributed by atoms with Crippen molar-refractivity contribution < 1.29 is 0 Å². The molecule has 0 aliphatic carbocycles. The minimum Gasteiger partial charge on any atom is -0.382 e. The van der Waals surface area contributed by atoms with Gasteiger partial charge in [0.2, 0.25) is 0 Å². The topological polar surface area (TPSA) is 50.9 Å². The summed E-state index contributed by atoms with van der Waals surface area (Å²) in [5.74, 6) is 0. The lowest BCUT2D eigenvalue weighted by molar-refractivity contribution is 0.549. The molecule has 4 heteroatoms. The van der Waals surface area contributed by atoms with E-state index in [0.717, 1.165) is 11.3 Å². The molecular formula is C10H16ClN3. The lowest BCUT2D eigenvalue weighted by Gasteiger charge is -2.20. The summed E-state index contributed by atoms with van der Waals surface area (Å²) in [6.07, 6.45) is 1.73. The van der Waals surface area contributed by atoms with Gasteiger partial charge in [0.1, 0.15) is 5.15 Å². The first-order valence-electron chi connectivity index (χ1n) is 4.53. The highest BCUT2D eigenvalue weighted by Crippen LogP contribution is 2.17. The Hall–Kier alpha value is -0.800. The molecule has 1 aromatic heterocycles. The molecule has 0 aliphatic heterocycles. The van der Waals surface area contributed by atoms with E-state index in [-0.39, 0.29) is 5.54 Å². The number of nitrogens with two attached hydrogens (primary N) is 1. The Labute approximate surface area is 89.7 Å². The van der Waals surface area contributed by atoms with E-state index in [9.17, 15) is 0 Å². The zero-order chi connectivity index (χ0) is 10.8. The molecule has 0 atom stereocenters. The Bertz CT molecular complexity index is 318. The highest BCUT2D eigenvalue weighted by molar-refractivity contribution is 6.29. The summed E-state index contributed by atoms with van der Waals surface area (Å²) in [6.45, 7) is 6.63. The minimum absolute atomic E-state index is 0.230. The molecule has 0 aromatic carbocycles. The summed E-state index contributed by atoms with van der Waals surface area (Å²) in [5.41, 5.74) is 7.68. The highest BCUT2D eigenvalue weighted by Gasteiger charge is 2.10. The molecule has 0 saturated carbocycles. The first-order valence-corrected chi connectivity index (χ1v) is 4.91. The van der Waals surface area contributed by atoms with Gasteiger partial charge in [0.15, 0.2) is 0 Å². The van der Waals surface area contributed by atoms with E-state index < -0.39 is 0 Å². The smallest absolute Gasteiger partial charge is 0.129 e. The molecule has 0 radical (unpaired) electrons. The molecule has 1 aromatic rings. The van der Waals surface area contributed by atoms with Gasteiger partial charge in [0.05, 0.1) is 11.9 Å². The predicted molar refractivity (Wildman–Crippen MR) is 60.7 cm³/mol. The summed E-state index contributed by atoms with van der Waals surface area (Å²) < 4.78 is 0. The fourth-order valence-electron chi connectivity index (χ4n) is 1.03. The van der Waals surface area contributed by atoms with Crippen molar-refractivity contribution in [3.63, 3.8) is 0 Å². The van der Waals surface area contributed by atoms with Crippen LogP contribution in [-0.2, 0) is 0 Å². The van der Waals surface area contributed by atoms with Crippen LogP contribution < -0.4 is 11.1 Å². The molecular weight excluding hydrogens is 198 g/mol. The fraction of sp³-hybridized carbons (Fsp3) is 0.500. The van der Waals surface area contributed by atoms with Crippen LogP contribution >= 0.6 is 11.6 Å². The molecule has 0 fully saturated rings. The number of halogens is 1. The maximum absolute atomic E-state index is 5.85. The minimum atomic E-state index is -0.230. The SMILES string of the molecule is Cc1cc(Cl)ncc1NCC(C)(C)N. The van der Waals surface area contributed by atoms with Gasteiger partial charge in [-0.1, -0.05) is 11.6 Å². The fourth-order valence-corrected chi connectivity index (χ4v) is 1.24. The highest BCUT2D eigenvalue weighted by atomic mass is 35.5. The molecule has 0 bridgehead atoms. The number of aryl methyl sites for hydroxylation is 1. The van der Waals surface area contributed by atoms with Crippen molar-refractivity contribution in [2.45, 2.75) is 26.3 Å². The number of anilines is 1. The van der Waals surface area contributed by atoms with E-state index in [1.807, 2.05) is 26.8 Å². The number of hydrogen-bond acceptors (Lipinski definition) is 3. The van der Waals surface area contributed by atoms with Crippen molar-refractivity contribution >= 4 is 17.3 Å². The summed E-state index contributed by atoms with van der Waals surface area (Å²) in [6, 6.07) is 1.83. The Morgan fingerprint density at radius 1 is 1.57 bits per heavy atom. The van der Waals surface area contributed by atoms with Gasteiger partial charge < -0.3 is 11.1 Å². The Balaban J connectivity index is 2.68. The van der Waals surface area contributed by atoms with Crippen molar-refractivity contribution in [2.75, 3.05) is 11.9 Å². The average Bonchev–Trinajstić information content (AvgIpc) is 2.00. The van der Waals surface area contributed by atoms with Crippen LogP contribution in [0.1, 0.15) is 19.4 Å². The summed E-state index contributed by atoms with van der Waals surface area (Å²) >= 11 is 5.74. The van der Waals surface area contributed by atoms with Crippen LogP contribution in [0, 0.1) is 6.92 Å². The van der Waals surface area contributed by atoms with Crippen molar-refractivity contribution in [1.82, 2.24) is 4.98 Å². The molecule has 1 rings (SSSR count). The van der Waals surface area contributed by atoms with E-state index in [0.29, 0.717) is 11.7 Å². The third kappa shape index (κ3) is 3.52. The second kappa shape index (κ2) is 4.15. The van der Waals surface area contributed by atoms with Crippen molar-refractivity contribution in [2.24, 2.45) is 5.73 Å². The normalized spacial score (nSPS) is 11.5. The lowest BCUT2D eigenvalue weighted by Crippen LogP contribution is -2.39. The number of hydrogen-bond donors (Lipinski definition) is 2. The molecule has 0 unspecified atom stereocenters. The van der Waals surface area contributed by atoms with Crippen molar-refractivity contribution in [1.29, 1.82) is 0 Å². The number of aromatic nitrogens is 1. The molecule has 0 amide bonds. The predicted octanol–water partition coefficient (Wildman–Crippen LogP) is 2.19. The van der Waals surface area contributed by atoms with Gasteiger partial charge >= 0.3 is 0 Å². The van der Waals surface area contributed by atoms with E-state index in [2.05, 4.69) is 10.3 Å². The molecule has 3 N–H and O–H groups in total. The van der Waals surface area contributed by atoms with Crippen LogP contribution in [0.3, 0.4) is 0 Å². The number of pyridine rings is 1. The van der Waals surface area contributed by atoms with E-state index in [1.165, 1.54) is 0 Å². The standard InChI is InChI=1S/C10H16ClN3/c1-7-4-9(11)13-5-8(7)14-6-10(2,3)12/h4-5,14H,6,12H2,1-3H3. The number of nitrogens with zero attached hydrogens (tertiary/aromatic N) is 1. The second-order valence-corrected chi connectivity index (χ2v) is 4.55. The zero-order valence-electron chi connectivity index (χ0n) is 8.76. The Morgan fingerprint density at radius 3 is 2.71 bits per heavy atom. The second-order valence-electron chi connectivity index (χ2n) is 4.16. The van der Waals surface area contributed by atoms with Gasteiger partial charge in [-0.05, 0) is 32.4 Å². The van der Waals surface area contributed by atoms with E-state index >= 15 is 0 Å². The maximum Gasteiger partial charge on any atom is 0.129 e. The number of rotatable bonds is 3. The Kier molecular flexibility index (Phi) is 3.34. The molecule has 0 saturated heterocycles. The van der Waals surface area contributed by atoms with Gasteiger partial charge in [0.25, 0.3) is 0 Å². The zero-order valence-corrected chi connectivity index (χ0v) is 9.52. The van der Waals surface area contributed by atoms with Crippen LogP contribution in [0.5, 0.6) is 0 Å². The third-order valence-electron chi connectivity index (χ3n) is 1.81. The van der Waals surface area contributed by atoms with Gasteiger partial charge in [-0.15, -0.1) is 0 Å². The van der Waals surface area contributed by atoms with Crippen molar-refractivity contribution in [3.05, 3.63) is 23.0 Å². The first-order chi connectivity index (χ1) is 6.38. The quantitative estimate of drug-likeness (QED) is 0.757. The summed E-state index contributed by atoms with van der Waals surface area (Å²) in [4.78, 5) is 4.00. The molecule has 0 spiro atoms. The van der Waals surface area contributed by atoms with E-state index in [4.69, 9.17) is 17.3 Å². The first kappa shape index (κ1) is 11.3. The van der Waals surface area contributed by atoms with Crippen molar-refractivity contribution in [3.8, 4) is 0 Å². The Morgan fingerprint density at radius 2 is 2.21 bits per heavy atom. The van der Waals surface area contributed by atoms with Crippen LogP contribution in [0.4, 0.5) is 5.69 Å². The lowest BCUT2D eigenvalue weighted by atomic mass is 10.1. The summed E-state index contributed by atoms with van der Waals surface area (Å²) in [7, 11) is 0. The van der Waals surface area contributed by atoms with Gasteiger partial charge in [0, 0.05) is 12.1 Å². The summed E-state index contributed by atoms with van der Waals surface area (Å²) in [5, 5.41) is 3.75. The largest absolute Gasteiger partial charge is 0.382 e. The monoisotopic (exact) mass is 213 g/mol. The molecule has 78 valence electrons. The van der Waals surface area contributed by atoms with Crippen LogP contribution in [0.2, 0.25) is 5.15 Å². The molecule has 1 heterocycles. The molecule has 0 aliphatic rings. The van der Waals surface area contributed by atoms with Gasteiger partial charge in [-0.3, -0.25) is 0 Å². The van der Waals surface area contributed by atoms with E-state index in [1.54, 1.807) is 6.20 Å². The maximum atomic E-state index is 5.85.